The Morgan fingerprint density at radius 2 is 1.88 bits per heavy atom. The van der Waals surface area contributed by atoms with Crippen molar-refractivity contribution < 1.29 is 19.1 Å². The maximum absolute atomic E-state index is 12.0. The van der Waals surface area contributed by atoms with Crippen LogP contribution in [0.15, 0.2) is 49.6 Å². The van der Waals surface area contributed by atoms with Crippen LogP contribution in [0.3, 0.4) is 0 Å². The smallest absolute Gasteiger partial charge is 0.310 e. The molecule has 1 amide bonds. The van der Waals surface area contributed by atoms with E-state index in [1.807, 2.05) is 32.0 Å². The van der Waals surface area contributed by atoms with E-state index in [0.717, 1.165) is 5.56 Å². The summed E-state index contributed by atoms with van der Waals surface area (Å²) in [7, 11) is 0. The molecule has 0 radical (unpaired) electrons. The Bertz CT molecular complexity index is 570. The van der Waals surface area contributed by atoms with Gasteiger partial charge in [-0.1, -0.05) is 24.3 Å². The van der Waals surface area contributed by atoms with Gasteiger partial charge in [-0.15, -0.1) is 13.2 Å². The highest BCUT2D eigenvalue weighted by Crippen LogP contribution is 2.15. The van der Waals surface area contributed by atoms with Crippen molar-refractivity contribution in [3.8, 4) is 5.75 Å². The molecule has 0 N–H and O–H groups in total. The van der Waals surface area contributed by atoms with Gasteiger partial charge in [0.25, 0.3) is 5.91 Å². The number of rotatable bonds is 10. The van der Waals surface area contributed by atoms with Crippen molar-refractivity contribution in [2.75, 3.05) is 19.7 Å². The first kappa shape index (κ1) is 19.5. The molecule has 1 aromatic carbocycles. The average Bonchev–Trinajstić information content (AvgIpc) is 2.52. The Hall–Kier alpha value is -2.56. The van der Waals surface area contributed by atoms with E-state index in [2.05, 4.69) is 13.2 Å². The van der Waals surface area contributed by atoms with E-state index >= 15 is 0 Å². The molecule has 0 aromatic heterocycles. The lowest BCUT2D eigenvalue weighted by Crippen LogP contribution is -2.35. The van der Waals surface area contributed by atoms with E-state index < -0.39 is 5.97 Å². The van der Waals surface area contributed by atoms with Gasteiger partial charge < -0.3 is 14.4 Å². The van der Waals surface area contributed by atoms with Crippen LogP contribution in [-0.2, 0) is 20.7 Å². The van der Waals surface area contributed by atoms with Gasteiger partial charge in [0.1, 0.15) is 5.75 Å². The molecule has 0 aliphatic rings. The predicted molar refractivity (Wildman–Crippen MR) is 93.8 cm³/mol. The van der Waals surface area contributed by atoms with Gasteiger partial charge in [0.2, 0.25) is 0 Å². The minimum Gasteiger partial charge on any atom is -0.491 e. The van der Waals surface area contributed by atoms with Crippen LogP contribution in [0.2, 0.25) is 0 Å². The van der Waals surface area contributed by atoms with Crippen LogP contribution in [0.1, 0.15) is 19.4 Å². The topological polar surface area (TPSA) is 55.8 Å². The molecule has 0 heterocycles. The molecule has 0 spiro atoms. The number of hydrogen-bond acceptors (Lipinski definition) is 4. The van der Waals surface area contributed by atoms with Gasteiger partial charge in [-0.05, 0) is 31.5 Å². The maximum atomic E-state index is 12.0. The third-order valence-corrected chi connectivity index (χ3v) is 3.03. The summed E-state index contributed by atoms with van der Waals surface area (Å²) in [6.07, 6.45) is 3.38. The minimum absolute atomic E-state index is 0.0607. The lowest BCUT2D eigenvalue weighted by atomic mass is 10.1. The number of nitrogens with zero attached hydrogens (tertiary/aromatic N) is 1. The number of hydrogen-bond donors (Lipinski definition) is 0. The molecule has 5 nitrogen and oxygen atoms in total. The van der Waals surface area contributed by atoms with Crippen LogP contribution in [-0.4, -0.2) is 42.6 Å². The molecular formula is C19H25NO4. The molecule has 1 aromatic rings. The number of esters is 1. The van der Waals surface area contributed by atoms with Gasteiger partial charge in [-0.2, -0.15) is 0 Å². The van der Waals surface area contributed by atoms with Crippen molar-refractivity contribution in [1.82, 2.24) is 4.90 Å². The molecule has 0 aliphatic carbocycles. The van der Waals surface area contributed by atoms with E-state index in [1.54, 1.807) is 18.2 Å². The number of benzene rings is 1. The monoisotopic (exact) mass is 331 g/mol. The van der Waals surface area contributed by atoms with E-state index in [1.165, 1.54) is 4.90 Å². The fourth-order valence-corrected chi connectivity index (χ4v) is 2.04. The fourth-order valence-electron chi connectivity index (χ4n) is 2.04. The van der Waals surface area contributed by atoms with Crippen molar-refractivity contribution in [2.45, 2.75) is 26.4 Å². The average molecular weight is 331 g/mol. The van der Waals surface area contributed by atoms with Crippen LogP contribution in [0.5, 0.6) is 5.75 Å². The van der Waals surface area contributed by atoms with Crippen LogP contribution in [0.4, 0.5) is 0 Å². The summed E-state index contributed by atoms with van der Waals surface area (Å²) < 4.78 is 10.7. The second-order valence-electron chi connectivity index (χ2n) is 5.53. The SMILES string of the molecule is C=CCN(CC=C)C(=O)COC(=O)Cc1cccc(OC(C)C)c1. The first-order valence-corrected chi connectivity index (χ1v) is 7.87. The highest BCUT2D eigenvalue weighted by Gasteiger charge is 2.14. The lowest BCUT2D eigenvalue weighted by Gasteiger charge is -2.19. The van der Waals surface area contributed by atoms with Crippen LogP contribution in [0.25, 0.3) is 0 Å². The Kier molecular flexibility index (Phi) is 8.33. The Balaban J connectivity index is 2.52. The number of carbonyl (C=O) groups excluding carboxylic acids is 2. The highest BCUT2D eigenvalue weighted by molar-refractivity contribution is 5.81. The van der Waals surface area contributed by atoms with Gasteiger partial charge >= 0.3 is 5.97 Å². The van der Waals surface area contributed by atoms with Gasteiger partial charge in [-0.25, -0.2) is 0 Å². The summed E-state index contributed by atoms with van der Waals surface area (Å²) in [6, 6.07) is 7.27. The molecule has 0 saturated heterocycles. The third-order valence-electron chi connectivity index (χ3n) is 3.03. The Morgan fingerprint density at radius 1 is 1.21 bits per heavy atom. The number of ether oxygens (including phenoxy) is 2. The summed E-state index contributed by atoms with van der Waals surface area (Å²) in [5.41, 5.74) is 0.777. The molecule has 0 fully saturated rings. The molecule has 0 aliphatic heterocycles. The second-order valence-corrected chi connectivity index (χ2v) is 5.53. The van der Waals surface area contributed by atoms with Gasteiger partial charge in [-0.3, -0.25) is 9.59 Å². The summed E-state index contributed by atoms with van der Waals surface area (Å²) in [5, 5.41) is 0. The van der Waals surface area contributed by atoms with Crippen LogP contribution >= 0.6 is 0 Å². The van der Waals surface area contributed by atoms with E-state index in [9.17, 15) is 9.59 Å². The van der Waals surface area contributed by atoms with E-state index in [4.69, 9.17) is 9.47 Å². The normalized spacial score (nSPS) is 10.1. The molecule has 5 heteroatoms. The molecule has 0 atom stereocenters. The predicted octanol–water partition coefficient (Wildman–Crippen LogP) is 2.76. The Labute approximate surface area is 143 Å². The third kappa shape index (κ3) is 7.13. The molecular weight excluding hydrogens is 306 g/mol. The standard InChI is InChI=1S/C19H25NO4/c1-5-10-20(11-6-2)18(21)14-23-19(22)13-16-8-7-9-17(12-16)24-15(3)4/h5-9,12,15H,1-2,10-11,13-14H2,3-4H3. The minimum atomic E-state index is -0.456. The zero-order chi connectivity index (χ0) is 17.9. The molecule has 130 valence electrons. The first-order chi connectivity index (χ1) is 11.5. The van der Waals surface area contributed by atoms with Crippen molar-refractivity contribution in [2.24, 2.45) is 0 Å². The van der Waals surface area contributed by atoms with Crippen LogP contribution < -0.4 is 4.74 Å². The molecule has 24 heavy (non-hydrogen) atoms. The largest absolute Gasteiger partial charge is 0.491 e. The fraction of sp³-hybridized carbons (Fsp3) is 0.368. The zero-order valence-corrected chi connectivity index (χ0v) is 14.4. The molecule has 0 unspecified atom stereocenters. The van der Waals surface area contributed by atoms with E-state index in [0.29, 0.717) is 18.8 Å². The van der Waals surface area contributed by atoms with Crippen molar-refractivity contribution in [1.29, 1.82) is 0 Å². The molecule has 0 saturated carbocycles. The molecule has 1 rings (SSSR count). The van der Waals surface area contributed by atoms with E-state index in [-0.39, 0.29) is 25.0 Å². The Morgan fingerprint density at radius 3 is 2.46 bits per heavy atom. The van der Waals surface area contributed by atoms with Gasteiger partial charge in [0, 0.05) is 13.1 Å². The molecule has 0 bridgehead atoms. The summed E-state index contributed by atoms with van der Waals surface area (Å²) in [6.45, 7) is 11.5. The van der Waals surface area contributed by atoms with Crippen molar-refractivity contribution in [3.05, 3.63) is 55.1 Å². The van der Waals surface area contributed by atoms with Crippen molar-refractivity contribution in [3.63, 3.8) is 0 Å². The second kappa shape index (κ2) is 10.3. The van der Waals surface area contributed by atoms with Crippen molar-refractivity contribution >= 4 is 11.9 Å². The van der Waals surface area contributed by atoms with Gasteiger partial charge in [0.15, 0.2) is 6.61 Å². The summed E-state index contributed by atoms with van der Waals surface area (Å²) in [4.78, 5) is 25.4. The maximum Gasteiger partial charge on any atom is 0.310 e. The van der Waals surface area contributed by atoms with Crippen LogP contribution in [0, 0.1) is 0 Å². The number of amides is 1. The lowest BCUT2D eigenvalue weighted by molar-refractivity contribution is -0.151. The quantitative estimate of drug-likeness (QED) is 0.489. The zero-order valence-electron chi connectivity index (χ0n) is 14.4. The first-order valence-electron chi connectivity index (χ1n) is 7.87. The van der Waals surface area contributed by atoms with Gasteiger partial charge in [0.05, 0.1) is 12.5 Å². The number of carbonyl (C=O) groups is 2. The summed E-state index contributed by atoms with van der Waals surface area (Å²) in [5.74, 6) is -0.0308. The summed E-state index contributed by atoms with van der Waals surface area (Å²) >= 11 is 0. The highest BCUT2D eigenvalue weighted by atomic mass is 16.5.